The normalized spacial score (nSPS) is 14.9. The Bertz CT molecular complexity index is 1160. The molecule has 0 saturated carbocycles. The van der Waals surface area contributed by atoms with Gasteiger partial charge in [0.25, 0.3) is 0 Å². The molecule has 2 aromatic carbocycles. The molecule has 0 bridgehead atoms. The number of nitrogens with one attached hydrogen (secondary N) is 1. The van der Waals surface area contributed by atoms with Crippen LogP contribution in [0.1, 0.15) is 24.3 Å². The molecular formula is C26H31N4OS+. The number of likely N-dealkylation sites (tertiary alicyclic amines) is 1. The predicted octanol–water partition coefficient (Wildman–Crippen LogP) is 4.62. The molecule has 32 heavy (non-hydrogen) atoms. The number of rotatable bonds is 4. The minimum atomic E-state index is 0.688. The van der Waals surface area contributed by atoms with Gasteiger partial charge in [0.15, 0.2) is 6.20 Å². The number of benzene rings is 2. The number of aliphatic hydroxyl groups is 1. The minimum absolute atomic E-state index is 0.688. The molecule has 1 saturated heterocycles. The minimum Gasteiger partial charge on any atom is -0.400 e. The van der Waals surface area contributed by atoms with Crippen LogP contribution in [0.4, 0.5) is 0 Å². The van der Waals surface area contributed by atoms with Crippen molar-refractivity contribution in [2.75, 3.05) is 33.5 Å². The SMILES string of the molecule is CO.CSc1cccc(-c2c[nH][n+]3cc(-c4ccc(C5CCN(C)CC5)cc4)cnc23)c1. The lowest BCUT2D eigenvalue weighted by Crippen LogP contribution is -2.29. The van der Waals surface area contributed by atoms with Crippen LogP contribution in [0, 0.1) is 0 Å². The molecule has 0 unspecified atom stereocenters. The number of hydrogen-bond donors (Lipinski definition) is 2. The van der Waals surface area contributed by atoms with Gasteiger partial charge in [-0.2, -0.15) is 0 Å². The molecule has 2 N–H and O–H groups in total. The molecule has 0 radical (unpaired) electrons. The van der Waals surface area contributed by atoms with Gasteiger partial charge < -0.3 is 10.0 Å². The van der Waals surface area contributed by atoms with E-state index in [1.54, 1.807) is 11.8 Å². The van der Waals surface area contributed by atoms with Crippen molar-refractivity contribution in [2.24, 2.45) is 0 Å². The van der Waals surface area contributed by atoms with E-state index >= 15 is 0 Å². The van der Waals surface area contributed by atoms with Crippen LogP contribution >= 0.6 is 11.8 Å². The second-order valence-corrected chi connectivity index (χ2v) is 9.03. The number of H-pyrrole nitrogens is 1. The molecule has 166 valence electrons. The van der Waals surface area contributed by atoms with Crippen LogP contribution < -0.4 is 4.52 Å². The van der Waals surface area contributed by atoms with E-state index in [-0.39, 0.29) is 0 Å². The summed E-state index contributed by atoms with van der Waals surface area (Å²) in [6.07, 6.45) is 10.8. The number of hydrogen-bond acceptors (Lipinski definition) is 4. The van der Waals surface area contributed by atoms with Crippen molar-refractivity contribution in [3.8, 4) is 22.3 Å². The summed E-state index contributed by atoms with van der Waals surface area (Å²) < 4.78 is 2.02. The highest BCUT2D eigenvalue weighted by Crippen LogP contribution is 2.30. The van der Waals surface area contributed by atoms with E-state index in [1.807, 2.05) is 16.9 Å². The maximum Gasteiger partial charge on any atom is 0.355 e. The Hall–Kier alpha value is -2.67. The number of aromatic nitrogens is 3. The Labute approximate surface area is 194 Å². The van der Waals surface area contributed by atoms with E-state index in [0.29, 0.717) is 5.92 Å². The summed E-state index contributed by atoms with van der Waals surface area (Å²) in [7, 11) is 3.21. The van der Waals surface area contributed by atoms with Gasteiger partial charge in [-0.05, 0) is 79.0 Å². The lowest BCUT2D eigenvalue weighted by atomic mass is 9.89. The van der Waals surface area contributed by atoms with Crippen LogP contribution in [-0.4, -0.2) is 53.6 Å². The second kappa shape index (κ2) is 10.3. The van der Waals surface area contributed by atoms with Gasteiger partial charge >= 0.3 is 5.65 Å². The molecule has 3 heterocycles. The highest BCUT2D eigenvalue weighted by molar-refractivity contribution is 7.98. The van der Waals surface area contributed by atoms with Crippen molar-refractivity contribution < 1.29 is 9.62 Å². The zero-order chi connectivity index (χ0) is 22.5. The van der Waals surface area contributed by atoms with Gasteiger partial charge in [-0.15, -0.1) is 16.3 Å². The van der Waals surface area contributed by atoms with Gasteiger partial charge in [0.2, 0.25) is 0 Å². The largest absolute Gasteiger partial charge is 0.400 e. The van der Waals surface area contributed by atoms with E-state index in [2.05, 4.69) is 78.0 Å². The fraction of sp³-hybridized carbons (Fsp3) is 0.308. The maximum atomic E-state index is 7.00. The maximum absolute atomic E-state index is 7.00. The second-order valence-electron chi connectivity index (χ2n) is 8.15. The first-order valence-corrected chi connectivity index (χ1v) is 12.2. The first kappa shape index (κ1) is 22.5. The summed E-state index contributed by atoms with van der Waals surface area (Å²) in [5.41, 5.74) is 7.03. The fourth-order valence-electron chi connectivity index (χ4n) is 4.36. The lowest BCUT2D eigenvalue weighted by molar-refractivity contribution is -0.578. The zero-order valence-electron chi connectivity index (χ0n) is 19.0. The highest BCUT2D eigenvalue weighted by atomic mass is 32.2. The number of thioether (sulfide) groups is 1. The van der Waals surface area contributed by atoms with E-state index < -0.39 is 0 Å². The van der Waals surface area contributed by atoms with Crippen molar-refractivity contribution >= 4 is 17.4 Å². The van der Waals surface area contributed by atoms with Gasteiger partial charge in [0, 0.05) is 12.0 Å². The Morgan fingerprint density at radius 2 is 1.78 bits per heavy atom. The highest BCUT2D eigenvalue weighted by Gasteiger charge is 2.19. The van der Waals surface area contributed by atoms with Crippen LogP contribution in [-0.2, 0) is 0 Å². The van der Waals surface area contributed by atoms with Crippen LogP contribution in [0.2, 0.25) is 0 Å². The van der Waals surface area contributed by atoms with Gasteiger partial charge in [0.05, 0.1) is 17.3 Å². The first-order chi connectivity index (χ1) is 15.7. The van der Waals surface area contributed by atoms with Crippen molar-refractivity contribution in [1.29, 1.82) is 0 Å². The van der Waals surface area contributed by atoms with Crippen LogP contribution in [0.25, 0.3) is 27.9 Å². The van der Waals surface area contributed by atoms with E-state index in [4.69, 9.17) is 10.1 Å². The monoisotopic (exact) mass is 447 g/mol. The van der Waals surface area contributed by atoms with Gasteiger partial charge in [-0.3, -0.25) is 0 Å². The molecular weight excluding hydrogens is 416 g/mol. The first-order valence-electron chi connectivity index (χ1n) is 11.0. The molecule has 0 spiro atoms. The number of aliphatic hydroxyl groups excluding tert-OH is 1. The lowest BCUT2D eigenvalue weighted by Gasteiger charge is -2.29. The molecule has 4 aromatic rings. The molecule has 5 nitrogen and oxygen atoms in total. The molecule has 5 rings (SSSR count). The summed E-state index contributed by atoms with van der Waals surface area (Å²) in [4.78, 5) is 8.47. The number of aromatic amines is 1. The van der Waals surface area contributed by atoms with Crippen LogP contribution in [0.5, 0.6) is 0 Å². The molecule has 0 amide bonds. The Balaban J connectivity index is 0.00000119. The van der Waals surface area contributed by atoms with E-state index in [0.717, 1.165) is 23.9 Å². The third kappa shape index (κ3) is 4.72. The Kier molecular flexibility index (Phi) is 7.25. The number of nitrogens with zero attached hydrogens (tertiary/aromatic N) is 3. The number of piperidine rings is 1. The zero-order valence-corrected chi connectivity index (χ0v) is 19.8. The van der Waals surface area contributed by atoms with Crippen LogP contribution in [0.15, 0.2) is 72.0 Å². The van der Waals surface area contributed by atoms with Crippen molar-refractivity contribution in [3.63, 3.8) is 0 Å². The molecule has 0 atom stereocenters. The standard InChI is InChI=1S/C25H26N4S.CH4O/c1-28-12-10-20(11-13-28)18-6-8-19(9-7-18)22-15-26-25-24(16-27-29(25)17-22)21-4-3-5-23(14-21)30-2;1-2/h3-9,14-17,20H,10-13H2,1-2H3;2H,1H3/p+1. The summed E-state index contributed by atoms with van der Waals surface area (Å²) >= 11 is 1.76. The summed E-state index contributed by atoms with van der Waals surface area (Å²) in [5, 5.41) is 10.3. The van der Waals surface area contributed by atoms with Crippen LogP contribution in [0.3, 0.4) is 0 Å². The van der Waals surface area contributed by atoms with Crippen molar-refractivity contribution in [1.82, 2.24) is 15.0 Å². The third-order valence-corrected chi connectivity index (χ3v) is 6.95. The number of fused-ring (bicyclic) bond motifs is 1. The van der Waals surface area contributed by atoms with Gasteiger partial charge in [-0.1, -0.05) is 36.4 Å². The fourth-order valence-corrected chi connectivity index (χ4v) is 4.82. The molecule has 6 heteroatoms. The van der Waals surface area contributed by atoms with Crippen molar-refractivity contribution in [3.05, 3.63) is 72.7 Å². The summed E-state index contributed by atoms with van der Waals surface area (Å²) in [6.45, 7) is 2.39. The average Bonchev–Trinajstić information content (AvgIpc) is 3.29. The molecule has 1 aliphatic heterocycles. The molecule has 2 aromatic heterocycles. The quantitative estimate of drug-likeness (QED) is 0.354. The smallest absolute Gasteiger partial charge is 0.355 e. The van der Waals surface area contributed by atoms with E-state index in [1.165, 1.54) is 47.5 Å². The predicted molar refractivity (Wildman–Crippen MR) is 132 cm³/mol. The molecule has 0 aliphatic carbocycles. The summed E-state index contributed by atoms with van der Waals surface area (Å²) in [6, 6.07) is 17.7. The average molecular weight is 448 g/mol. The Morgan fingerprint density at radius 3 is 2.50 bits per heavy atom. The molecule has 1 aliphatic rings. The van der Waals surface area contributed by atoms with Crippen molar-refractivity contribution in [2.45, 2.75) is 23.7 Å². The van der Waals surface area contributed by atoms with E-state index in [9.17, 15) is 0 Å². The topological polar surface area (TPSA) is 56.2 Å². The Morgan fingerprint density at radius 1 is 1.03 bits per heavy atom. The van der Waals surface area contributed by atoms with Gasteiger partial charge in [0.1, 0.15) is 6.20 Å². The van der Waals surface area contributed by atoms with Gasteiger partial charge in [-0.25, -0.2) is 5.10 Å². The molecule has 1 fully saturated rings. The summed E-state index contributed by atoms with van der Waals surface area (Å²) in [5.74, 6) is 0.688. The third-order valence-electron chi connectivity index (χ3n) is 6.23.